The highest BCUT2D eigenvalue weighted by Gasteiger charge is 2.14. The van der Waals surface area contributed by atoms with Crippen LogP contribution in [0.2, 0.25) is 0 Å². The average molecular weight is 240 g/mol. The number of aliphatic hydroxyl groups excluding tert-OH is 1. The molecular weight excluding hydrogens is 224 g/mol. The number of thiol groups is 1. The Hall–Kier alpha value is -1.00. The monoisotopic (exact) mass is 240 g/mol. The first kappa shape index (κ1) is 13.1. The van der Waals surface area contributed by atoms with Crippen molar-refractivity contribution in [1.82, 2.24) is 0 Å². The summed E-state index contributed by atoms with van der Waals surface area (Å²) in [7, 11) is 0. The number of esters is 1. The molecule has 0 unspecified atom stereocenters. The summed E-state index contributed by atoms with van der Waals surface area (Å²) in [6.45, 7) is 1.52. The van der Waals surface area contributed by atoms with Crippen molar-refractivity contribution in [1.29, 1.82) is 0 Å². The molecule has 1 aromatic carbocycles. The van der Waals surface area contributed by atoms with E-state index in [1.807, 2.05) is 24.3 Å². The van der Waals surface area contributed by atoms with E-state index in [0.29, 0.717) is 5.75 Å². The van der Waals surface area contributed by atoms with E-state index < -0.39 is 0 Å². The number of ether oxygens (including phenoxy) is 1. The highest BCUT2D eigenvalue weighted by Crippen LogP contribution is 2.21. The van der Waals surface area contributed by atoms with E-state index in [0.717, 1.165) is 11.1 Å². The van der Waals surface area contributed by atoms with Crippen LogP contribution in [0, 0.1) is 0 Å². The summed E-state index contributed by atoms with van der Waals surface area (Å²) in [5.74, 6) is 0.0984. The molecule has 0 aliphatic heterocycles. The molecule has 0 aromatic heterocycles. The summed E-state index contributed by atoms with van der Waals surface area (Å²) in [5, 5.41) is 9.30. The van der Waals surface area contributed by atoms with Gasteiger partial charge in [0.15, 0.2) is 0 Å². The lowest BCUT2D eigenvalue weighted by molar-refractivity contribution is -0.141. The molecule has 0 saturated heterocycles. The van der Waals surface area contributed by atoms with Crippen LogP contribution in [-0.2, 0) is 15.3 Å². The van der Waals surface area contributed by atoms with Crippen LogP contribution < -0.4 is 0 Å². The Balaban J connectivity index is 2.81. The van der Waals surface area contributed by atoms with Gasteiger partial charge >= 0.3 is 5.97 Å². The lowest BCUT2D eigenvalue weighted by atomic mass is 9.96. The molecule has 0 heterocycles. The Morgan fingerprint density at radius 2 is 2.19 bits per heavy atom. The fraction of sp³-hybridized carbons (Fsp3) is 0.417. The van der Waals surface area contributed by atoms with Gasteiger partial charge < -0.3 is 9.84 Å². The van der Waals surface area contributed by atoms with E-state index in [4.69, 9.17) is 4.74 Å². The second-order valence-electron chi connectivity index (χ2n) is 3.54. The lowest BCUT2D eigenvalue weighted by Crippen LogP contribution is -2.15. The van der Waals surface area contributed by atoms with Crippen molar-refractivity contribution in [2.75, 3.05) is 13.2 Å². The molecule has 3 nitrogen and oxygen atoms in total. The zero-order chi connectivity index (χ0) is 12.0. The maximum Gasteiger partial charge on any atom is 0.302 e. The topological polar surface area (TPSA) is 46.5 Å². The third-order valence-electron chi connectivity index (χ3n) is 2.37. The number of carbonyl (C=O) groups excluding carboxylic acids is 1. The summed E-state index contributed by atoms with van der Waals surface area (Å²) < 4.78 is 4.92. The number of aliphatic hydroxyl groups is 1. The first-order valence-corrected chi connectivity index (χ1v) is 5.75. The van der Waals surface area contributed by atoms with Crippen molar-refractivity contribution >= 4 is 18.6 Å². The van der Waals surface area contributed by atoms with Crippen LogP contribution in [0.4, 0.5) is 0 Å². The molecule has 88 valence electrons. The van der Waals surface area contributed by atoms with Crippen molar-refractivity contribution < 1.29 is 14.6 Å². The van der Waals surface area contributed by atoms with E-state index in [2.05, 4.69) is 12.6 Å². The fourth-order valence-corrected chi connectivity index (χ4v) is 1.82. The summed E-state index contributed by atoms with van der Waals surface area (Å²) >= 11 is 4.23. The van der Waals surface area contributed by atoms with Crippen LogP contribution in [-0.4, -0.2) is 24.3 Å². The van der Waals surface area contributed by atoms with Gasteiger partial charge in [-0.3, -0.25) is 4.79 Å². The van der Waals surface area contributed by atoms with Crippen LogP contribution in [0.3, 0.4) is 0 Å². The number of hydrogen-bond acceptors (Lipinski definition) is 4. The predicted octanol–water partition coefficient (Wildman–Crippen LogP) is 1.76. The Kier molecular flexibility index (Phi) is 5.35. The summed E-state index contributed by atoms with van der Waals surface area (Å²) in [4.78, 5) is 10.7. The van der Waals surface area contributed by atoms with Gasteiger partial charge in [0, 0.05) is 18.6 Å². The zero-order valence-corrected chi connectivity index (χ0v) is 10.1. The standard InChI is InChI=1S/C12H16O3S/c1-9(14)15-7-11(6-13)12-5-3-2-4-10(12)8-16/h2-5,11,13,16H,6-8H2,1H3/t11-/m1/s1. The normalized spacial score (nSPS) is 12.2. The maximum absolute atomic E-state index is 10.7. The number of rotatable bonds is 5. The largest absolute Gasteiger partial charge is 0.465 e. The first-order chi connectivity index (χ1) is 7.69. The summed E-state index contributed by atoms with van der Waals surface area (Å²) in [6, 6.07) is 7.71. The van der Waals surface area contributed by atoms with Gasteiger partial charge in [0.2, 0.25) is 0 Å². The van der Waals surface area contributed by atoms with Crippen molar-refractivity contribution in [3.63, 3.8) is 0 Å². The molecule has 0 bridgehead atoms. The Morgan fingerprint density at radius 3 is 2.75 bits per heavy atom. The third-order valence-corrected chi connectivity index (χ3v) is 2.71. The smallest absolute Gasteiger partial charge is 0.302 e. The van der Waals surface area contributed by atoms with Gasteiger partial charge in [-0.25, -0.2) is 0 Å². The maximum atomic E-state index is 10.7. The SMILES string of the molecule is CC(=O)OC[C@@H](CO)c1ccccc1CS. The zero-order valence-electron chi connectivity index (χ0n) is 9.22. The number of carbonyl (C=O) groups is 1. The van der Waals surface area contributed by atoms with Crippen LogP contribution in [0.5, 0.6) is 0 Å². The quantitative estimate of drug-likeness (QED) is 0.609. The minimum Gasteiger partial charge on any atom is -0.465 e. The molecule has 0 aliphatic rings. The molecule has 1 N–H and O–H groups in total. The van der Waals surface area contributed by atoms with Gasteiger partial charge in [-0.05, 0) is 11.1 Å². The second-order valence-corrected chi connectivity index (χ2v) is 3.86. The molecule has 1 aromatic rings. The summed E-state index contributed by atoms with van der Waals surface area (Å²) in [5.41, 5.74) is 2.04. The minimum atomic E-state index is -0.332. The van der Waals surface area contributed by atoms with Gasteiger partial charge in [0.05, 0.1) is 6.61 Å². The predicted molar refractivity (Wildman–Crippen MR) is 65.6 cm³/mol. The molecule has 0 amide bonds. The highest BCUT2D eigenvalue weighted by molar-refractivity contribution is 7.79. The van der Waals surface area contributed by atoms with Crippen LogP contribution >= 0.6 is 12.6 Å². The Bertz CT molecular complexity index is 352. The van der Waals surface area contributed by atoms with E-state index in [1.165, 1.54) is 6.92 Å². The number of hydrogen-bond donors (Lipinski definition) is 2. The van der Waals surface area contributed by atoms with Crippen molar-refractivity contribution in [3.8, 4) is 0 Å². The molecule has 0 spiro atoms. The van der Waals surface area contributed by atoms with Crippen molar-refractivity contribution in [2.24, 2.45) is 0 Å². The highest BCUT2D eigenvalue weighted by atomic mass is 32.1. The number of benzene rings is 1. The molecule has 4 heteroatoms. The Morgan fingerprint density at radius 1 is 1.50 bits per heavy atom. The third kappa shape index (κ3) is 3.54. The molecule has 0 aliphatic carbocycles. The second kappa shape index (κ2) is 6.55. The fourth-order valence-electron chi connectivity index (χ4n) is 1.54. The first-order valence-electron chi connectivity index (χ1n) is 5.12. The van der Waals surface area contributed by atoms with Crippen LogP contribution in [0.15, 0.2) is 24.3 Å². The molecule has 0 radical (unpaired) electrons. The van der Waals surface area contributed by atoms with E-state index >= 15 is 0 Å². The Labute approximate surface area is 101 Å². The molecule has 0 saturated carbocycles. The van der Waals surface area contributed by atoms with Gasteiger partial charge in [-0.1, -0.05) is 24.3 Å². The molecule has 16 heavy (non-hydrogen) atoms. The minimum absolute atomic E-state index is 0.0436. The summed E-state index contributed by atoms with van der Waals surface area (Å²) in [6.07, 6.45) is 0. The van der Waals surface area contributed by atoms with Gasteiger partial charge in [-0.2, -0.15) is 12.6 Å². The molecule has 1 rings (SSSR count). The van der Waals surface area contributed by atoms with Crippen molar-refractivity contribution in [3.05, 3.63) is 35.4 Å². The lowest BCUT2D eigenvalue weighted by Gasteiger charge is -2.17. The van der Waals surface area contributed by atoms with Crippen LogP contribution in [0.25, 0.3) is 0 Å². The molecule has 1 atom stereocenters. The van der Waals surface area contributed by atoms with Crippen molar-refractivity contribution in [2.45, 2.75) is 18.6 Å². The van der Waals surface area contributed by atoms with E-state index in [-0.39, 0.29) is 25.1 Å². The molecule has 0 fully saturated rings. The van der Waals surface area contributed by atoms with Gasteiger partial charge in [0.25, 0.3) is 0 Å². The van der Waals surface area contributed by atoms with Gasteiger partial charge in [0.1, 0.15) is 6.61 Å². The van der Waals surface area contributed by atoms with E-state index in [1.54, 1.807) is 0 Å². The molecular formula is C12H16O3S. The van der Waals surface area contributed by atoms with E-state index in [9.17, 15) is 9.90 Å². The van der Waals surface area contributed by atoms with Gasteiger partial charge in [-0.15, -0.1) is 0 Å². The van der Waals surface area contributed by atoms with Crippen LogP contribution in [0.1, 0.15) is 24.0 Å². The average Bonchev–Trinajstić information content (AvgIpc) is 2.30.